The molecule has 0 heterocycles. The summed E-state index contributed by atoms with van der Waals surface area (Å²) in [5.41, 5.74) is 5.73. The molecule has 1 aromatic carbocycles. The number of carbonyl (C=O) groups excluding carboxylic acids is 1. The van der Waals surface area contributed by atoms with Crippen molar-refractivity contribution in [3.05, 3.63) is 46.5 Å². The van der Waals surface area contributed by atoms with E-state index in [0.717, 1.165) is 12.8 Å². The van der Waals surface area contributed by atoms with E-state index in [2.05, 4.69) is 31.2 Å². The van der Waals surface area contributed by atoms with Crippen LogP contribution in [0, 0.1) is 6.92 Å². The second-order valence-electron chi connectivity index (χ2n) is 6.59. The van der Waals surface area contributed by atoms with Gasteiger partial charge in [-0.1, -0.05) is 53.8 Å². The molecule has 0 amide bonds. The zero-order valence-electron chi connectivity index (χ0n) is 14.7. The number of hydrogen-bond donors (Lipinski definition) is 0. The standard InChI is InChI=1S/C21H30O2/c1-3-23-21(22)15-14-20(19-8-6-4-5-7-9-19)16-18-12-10-17(2)11-13-18/h10-13H,3-9,14-16H2,1-2H3. The van der Waals surface area contributed by atoms with Gasteiger partial charge < -0.3 is 4.74 Å². The first-order valence-electron chi connectivity index (χ1n) is 9.10. The van der Waals surface area contributed by atoms with Crippen molar-refractivity contribution >= 4 is 5.97 Å². The van der Waals surface area contributed by atoms with E-state index in [0.29, 0.717) is 13.0 Å². The van der Waals surface area contributed by atoms with Gasteiger partial charge in [-0.2, -0.15) is 0 Å². The van der Waals surface area contributed by atoms with E-state index >= 15 is 0 Å². The third-order valence-corrected chi connectivity index (χ3v) is 4.68. The smallest absolute Gasteiger partial charge is 0.306 e. The molecular formula is C21H30O2. The van der Waals surface area contributed by atoms with Gasteiger partial charge in [0.15, 0.2) is 0 Å². The molecule has 0 unspecified atom stereocenters. The second kappa shape index (κ2) is 9.54. The van der Waals surface area contributed by atoms with Gasteiger partial charge in [0.2, 0.25) is 0 Å². The number of benzene rings is 1. The number of allylic oxidation sites excluding steroid dienone is 2. The summed E-state index contributed by atoms with van der Waals surface area (Å²) in [5, 5.41) is 0. The van der Waals surface area contributed by atoms with Gasteiger partial charge in [-0.3, -0.25) is 4.79 Å². The van der Waals surface area contributed by atoms with Gasteiger partial charge in [0.25, 0.3) is 0 Å². The Labute approximate surface area is 140 Å². The molecule has 0 bridgehead atoms. The molecule has 0 aromatic heterocycles. The summed E-state index contributed by atoms with van der Waals surface area (Å²) < 4.78 is 5.11. The third-order valence-electron chi connectivity index (χ3n) is 4.68. The molecule has 0 aliphatic heterocycles. The van der Waals surface area contributed by atoms with Crippen LogP contribution < -0.4 is 0 Å². The minimum absolute atomic E-state index is 0.0665. The second-order valence-corrected chi connectivity index (χ2v) is 6.59. The molecule has 0 spiro atoms. The zero-order valence-corrected chi connectivity index (χ0v) is 14.7. The highest BCUT2D eigenvalue weighted by atomic mass is 16.5. The first-order chi connectivity index (χ1) is 11.2. The van der Waals surface area contributed by atoms with Gasteiger partial charge in [-0.25, -0.2) is 0 Å². The van der Waals surface area contributed by atoms with Crippen LogP contribution in [-0.2, 0) is 16.0 Å². The molecule has 2 heteroatoms. The maximum absolute atomic E-state index is 11.8. The molecule has 0 radical (unpaired) electrons. The Morgan fingerprint density at radius 2 is 1.65 bits per heavy atom. The third kappa shape index (κ3) is 6.21. The number of aryl methyl sites for hydroxylation is 1. The largest absolute Gasteiger partial charge is 0.466 e. The summed E-state index contributed by atoms with van der Waals surface area (Å²) in [7, 11) is 0. The predicted molar refractivity (Wildman–Crippen MR) is 95.5 cm³/mol. The number of esters is 1. The number of carbonyl (C=O) groups is 1. The fourth-order valence-corrected chi connectivity index (χ4v) is 3.34. The first-order valence-corrected chi connectivity index (χ1v) is 9.10. The van der Waals surface area contributed by atoms with Crippen LogP contribution in [0.2, 0.25) is 0 Å². The van der Waals surface area contributed by atoms with Gasteiger partial charge >= 0.3 is 5.97 Å². The van der Waals surface area contributed by atoms with Crippen LogP contribution in [0.4, 0.5) is 0 Å². The van der Waals surface area contributed by atoms with E-state index in [1.807, 2.05) is 6.92 Å². The Morgan fingerprint density at radius 3 is 2.26 bits per heavy atom. The fourth-order valence-electron chi connectivity index (χ4n) is 3.34. The van der Waals surface area contributed by atoms with E-state index < -0.39 is 0 Å². The molecule has 2 rings (SSSR count). The molecule has 0 saturated heterocycles. The topological polar surface area (TPSA) is 26.3 Å². The van der Waals surface area contributed by atoms with E-state index in [4.69, 9.17) is 4.74 Å². The van der Waals surface area contributed by atoms with E-state index in [1.54, 1.807) is 5.57 Å². The molecule has 1 saturated carbocycles. The van der Waals surface area contributed by atoms with Crippen molar-refractivity contribution in [3.8, 4) is 0 Å². The van der Waals surface area contributed by atoms with Gasteiger partial charge in [-0.15, -0.1) is 0 Å². The Morgan fingerprint density at radius 1 is 1.00 bits per heavy atom. The van der Waals surface area contributed by atoms with Crippen molar-refractivity contribution < 1.29 is 9.53 Å². The lowest BCUT2D eigenvalue weighted by Crippen LogP contribution is -2.06. The highest BCUT2D eigenvalue weighted by molar-refractivity contribution is 5.69. The van der Waals surface area contributed by atoms with Crippen molar-refractivity contribution in [3.63, 3.8) is 0 Å². The van der Waals surface area contributed by atoms with Crippen molar-refractivity contribution in [2.45, 2.75) is 71.6 Å². The number of hydrogen-bond acceptors (Lipinski definition) is 2. The van der Waals surface area contributed by atoms with Crippen molar-refractivity contribution in [1.29, 1.82) is 0 Å². The van der Waals surface area contributed by atoms with Crippen LogP contribution in [0.25, 0.3) is 0 Å². The van der Waals surface area contributed by atoms with Gasteiger partial charge in [0.1, 0.15) is 0 Å². The first kappa shape index (κ1) is 17.8. The van der Waals surface area contributed by atoms with Crippen molar-refractivity contribution in [1.82, 2.24) is 0 Å². The van der Waals surface area contributed by atoms with Crippen LogP contribution in [0.15, 0.2) is 35.4 Å². The summed E-state index contributed by atoms with van der Waals surface area (Å²) in [4.78, 5) is 11.8. The number of rotatable bonds is 6. The van der Waals surface area contributed by atoms with Gasteiger partial charge in [0, 0.05) is 6.42 Å². The highest BCUT2D eigenvalue weighted by Crippen LogP contribution is 2.29. The molecule has 2 nitrogen and oxygen atoms in total. The minimum atomic E-state index is -0.0665. The predicted octanol–water partition coefficient (Wildman–Crippen LogP) is 5.53. The molecule has 1 aromatic rings. The molecule has 1 fully saturated rings. The number of ether oxygens (including phenoxy) is 1. The Hall–Kier alpha value is -1.57. The van der Waals surface area contributed by atoms with Gasteiger partial charge in [-0.05, 0) is 57.9 Å². The van der Waals surface area contributed by atoms with Crippen LogP contribution in [-0.4, -0.2) is 12.6 Å². The molecule has 0 atom stereocenters. The fraction of sp³-hybridized carbons (Fsp3) is 0.571. The minimum Gasteiger partial charge on any atom is -0.466 e. The maximum atomic E-state index is 11.8. The average molecular weight is 314 g/mol. The maximum Gasteiger partial charge on any atom is 0.306 e. The molecule has 0 N–H and O–H groups in total. The zero-order chi connectivity index (χ0) is 16.5. The van der Waals surface area contributed by atoms with Crippen molar-refractivity contribution in [2.75, 3.05) is 6.61 Å². The summed E-state index contributed by atoms with van der Waals surface area (Å²) >= 11 is 0. The van der Waals surface area contributed by atoms with Crippen LogP contribution in [0.3, 0.4) is 0 Å². The molecular weight excluding hydrogens is 284 g/mol. The summed E-state index contributed by atoms with van der Waals surface area (Å²) in [6, 6.07) is 8.79. The van der Waals surface area contributed by atoms with Crippen LogP contribution >= 0.6 is 0 Å². The van der Waals surface area contributed by atoms with E-state index in [9.17, 15) is 4.79 Å². The van der Waals surface area contributed by atoms with Crippen LogP contribution in [0.5, 0.6) is 0 Å². The lowest BCUT2D eigenvalue weighted by Gasteiger charge is -2.15. The lowest BCUT2D eigenvalue weighted by molar-refractivity contribution is -0.143. The lowest BCUT2D eigenvalue weighted by atomic mass is 9.92. The summed E-state index contributed by atoms with van der Waals surface area (Å²) in [5.74, 6) is -0.0665. The average Bonchev–Trinajstić information content (AvgIpc) is 2.83. The molecule has 23 heavy (non-hydrogen) atoms. The molecule has 126 valence electrons. The van der Waals surface area contributed by atoms with Gasteiger partial charge in [0.05, 0.1) is 6.61 Å². The summed E-state index contributed by atoms with van der Waals surface area (Å²) in [6.07, 6.45) is 10.1. The van der Waals surface area contributed by atoms with Crippen LogP contribution in [0.1, 0.15) is 69.4 Å². The monoisotopic (exact) mass is 314 g/mol. The normalized spacial score (nSPS) is 15.1. The Bertz CT molecular complexity index is 515. The quantitative estimate of drug-likeness (QED) is 0.392. The Kier molecular flexibility index (Phi) is 7.38. The van der Waals surface area contributed by atoms with E-state index in [-0.39, 0.29) is 5.97 Å². The summed E-state index contributed by atoms with van der Waals surface area (Å²) in [6.45, 7) is 4.47. The van der Waals surface area contributed by atoms with E-state index in [1.165, 1.54) is 55.2 Å². The molecule has 1 aliphatic carbocycles. The SMILES string of the molecule is CCOC(=O)CCC(Cc1ccc(C)cc1)=C1CCCCCC1. The molecule has 1 aliphatic rings. The Balaban J connectivity index is 2.11. The highest BCUT2D eigenvalue weighted by Gasteiger charge is 2.13. The van der Waals surface area contributed by atoms with Crippen molar-refractivity contribution in [2.24, 2.45) is 0 Å².